The molecule has 1 aliphatic heterocycles. The van der Waals surface area contributed by atoms with E-state index in [1.807, 2.05) is 44.8 Å². The summed E-state index contributed by atoms with van der Waals surface area (Å²) in [6, 6.07) is 2.02. The molecule has 1 N–H and O–H groups in total. The van der Waals surface area contributed by atoms with Crippen LogP contribution < -0.4 is 10.2 Å². The van der Waals surface area contributed by atoms with E-state index in [0.29, 0.717) is 17.7 Å². The summed E-state index contributed by atoms with van der Waals surface area (Å²) < 4.78 is 0. The first kappa shape index (κ1) is 23.5. The number of nitrogens with zero attached hydrogens (tertiary/aromatic N) is 6. The van der Waals surface area contributed by atoms with E-state index in [9.17, 15) is 4.79 Å². The molecule has 2 fully saturated rings. The predicted molar refractivity (Wildman–Crippen MR) is 140 cm³/mol. The van der Waals surface area contributed by atoms with Crippen molar-refractivity contribution in [3.63, 3.8) is 0 Å². The summed E-state index contributed by atoms with van der Waals surface area (Å²) >= 11 is 0. The highest BCUT2D eigenvalue weighted by Crippen LogP contribution is 2.47. The minimum Gasteiger partial charge on any atom is -0.366 e. The summed E-state index contributed by atoms with van der Waals surface area (Å²) in [6.07, 6.45) is 12.3. The number of carbonyl (C=O) groups excluding carboxylic acids is 1. The van der Waals surface area contributed by atoms with Crippen LogP contribution in [-0.2, 0) is 4.79 Å². The molecule has 1 saturated heterocycles. The third kappa shape index (κ3) is 4.80. The number of anilines is 3. The van der Waals surface area contributed by atoms with Crippen molar-refractivity contribution in [3.05, 3.63) is 47.9 Å². The number of likely N-dealkylation sites (N-methyl/N-ethyl adjacent to an activating group) is 2. The van der Waals surface area contributed by atoms with E-state index in [2.05, 4.69) is 43.7 Å². The van der Waals surface area contributed by atoms with Gasteiger partial charge in [0.05, 0.1) is 18.1 Å². The Morgan fingerprint density at radius 1 is 1.06 bits per heavy atom. The Labute approximate surface area is 207 Å². The van der Waals surface area contributed by atoms with Gasteiger partial charge >= 0.3 is 0 Å². The fourth-order valence-electron chi connectivity index (χ4n) is 5.55. The molecule has 0 radical (unpaired) electrons. The third-order valence-corrected chi connectivity index (χ3v) is 7.57. The molecule has 3 heterocycles. The smallest absolute Gasteiger partial charge is 0.249 e. The molecule has 0 bridgehead atoms. The Morgan fingerprint density at radius 2 is 1.74 bits per heavy atom. The summed E-state index contributed by atoms with van der Waals surface area (Å²) in [5.41, 5.74) is 4.87. The van der Waals surface area contributed by atoms with Crippen LogP contribution in [0, 0.1) is 11.8 Å². The van der Waals surface area contributed by atoms with E-state index in [-0.39, 0.29) is 11.8 Å². The van der Waals surface area contributed by atoms with Gasteiger partial charge in [0.15, 0.2) is 0 Å². The Kier molecular flexibility index (Phi) is 6.56. The van der Waals surface area contributed by atoms with Gasteiger partial charge in [-0.15, -0.1) is 0 Å². The lowest BCUT2D eigenvalue weighted by molar-refractivity contribution is -0.125. The molecule has 2 aliphatic carbocycles. The first-order valence-corrected chi connectivity index (χ1v) is 12.6. The zero-order valence-corrected chi connectivity index (χ0v) is 21.0. The molecule has 5 rings (SSSR count). The van der Waals surface area contributed by atoms with Crippen molar-refractivity contribution < 1.29 is 4.79 Å². The molecule has 8 nitrogen and oxygen atoms in total. The number of hydrogen-bond donors (Lipinski definition) is 1. The number of amides is 1. The predicted octanol–water partition coefficient (Wildman–Crippen LogP) is 3.67. The zero-order valence-electron chi connectivity index (χ0n) is 21.0. The quantitative estimate of drug-likeness (QED) is 0.710. The van der Waals surface area contributed by atoms with E-state index in [1.54, 1.807) is 4.90 Å². The second kappa shape index (κ2) is 9.77. The molecule has 0 aromatic carbocycles. The van der Waals surface area contributed by atoms with Crippen molar-refractivity contribution in [3.8, 4) is 0 Å². The molecule has 1 unspecified atom stereocenters. The first-order chi connectivity index (χ1) is 16.9. The van der Waals surface area contributed by atoms with E-state index in [4.69, 9.17) is 0 Å². The second-order valence-corrected chi connectivity index (χ2v) is 10.2. The van der Waals surface area contributed by atoms with Gasteiger partial charge in [-0.3, -0.25) is 4.79 Å². The van der Waals surface area contributed by atoms with Gasteiger partial charge in [0.2, 0.25) is 11.9 Å². The molecule has 1 atom stereocenters. The van der Waals surface area contributed by atoms with Crippen LogP contribution in [0.4, 0.5) is 17.5 Å². The molecule has 1 saturated carbocycles. The topological polar surface area (TPSA) is 77.5 Å². The fraction of sp³-hybridized carbons (Fsp3) is 0.481. The van der Waals surface area contributed by atoms with Crippen LogP contribution in [0.3, 0.4) is 0 Å². The first-order valence-electron chi connectivity index (χ1n) is 12.6. The summed E-state index contributed by atoms with van der Waals surface area (Å²) in [6.45, 7) is 8.53. The largest absolute Gasteiger partial charge is 0.366 e. The number of hydrogen-bond acceptors (Lipinski definition) is 7. The average Bonchev–Trinajstić information content (AvgIpc) is 3.39. The maximum Gasteiger partial charge on any atom is 0.249 e. The van der Waals surface area contributed by atoms with Crippen molar-refractivity contribution in [2.24, 2.45) is 11.8 Å². The molecule has 1 amide bonds. The van der Waals surface area contributed by atoms with Gasteiger partial charge in [-0.25, -0.2) is 15.0 Å². The van der Waals surface area contributed by atoms with Gasteiger partial charge < -0.3 is 20.0 Å². The molecule has 3 aliphatic rings. The number of allylic oxidation sites excluding steroid dienone is 1. The van der Waals surface area contributed by atoms with Crippen molar-refractivity contribution >= 4 is 35.0 Å². The van der Waals surface area contributed by atoms with Crippen LogP contribution in [-0.4, -0.2) is 78.0 Å². The molecular formula is C27H35N7O. The minimum absolute atomic E-state index is 0.0503. The SMILES string of the molecule is C=C1c2cc(Nc3ncc(N4CCN(C)CC4)cn3)ncc2C=C(C(=O)N(C)C)C1C1CCCC1. The Bertz CT molecular complexity index is 1130. The Hall–Kier alpha value is -3.26. The number of carbonyl (C=O) groups is 1. The van der Waals surface area contributed by atoms with Crippen LogP contribution in [0.1, 0.15) is 36.8 Å². The van der Waals surface area contributed by atoms with Crippen LogP contribution in [0.25, 0.3) is 11.6 Å². The lowest BCUT2D eigenvalue weighted by Gasteiger charge is -2.33. The van der Waals surface area contributed by atoms with Crippen molar-refractivity contribution in [2.45, 2.75) is 25.7 Å². The number of rotatable bonds is 5. The summed E-state index contributed by atoms with van der Waals surface area (Å²) in [7, 11) is 5.77. The minimum atomic E-state index is 0.0503. The average molecular weight is 474 g/mol. The van der Waals surface area contributed by atoms with E-state index >= 15 is 0 Å². The lowest BCUT2D eigenvalue weighted by atomic mass is 9.72. The number of aromatic nitrogens is 3. The Morgan fingerprint density at radius 3 is 2.40 bits per heavy atom. The molecule has 35 heavy (non-hydrogen) atoms. The highest BCUT2D eigenvalue weighted by atomic mass is 16.2. The maximum absolute atomic E-state index is 13.0. The van der Waals surface area contributed by atoms with E-state index in [1.165, 1.54) is 12.8 Å². The number of fused-ring (bicyclic) bond motifs is 1. The van der Waals surface area contributed by atoms with Crippen molar-refractivity contribution in [1.82, 2.24) is 24.8 Å². The molecule has 184 valence electrons. The lowest BCUT2D eigenvalue weighted by Crippen LogP contribution is -2.44. The summed E-state index contributed by atoms with van der Waals surface area (Å²) in [5, 5.41) is 3.25. The van der Waals surface area contributed by atoms with Crippen molar-refractivity contribution in [1.29, 1.82) is 0 Å². The van der Waals surface area contributed by atoms with Gasteiger partial charge in [-0.1, -0.05) is 19.4 Å². The molecule has 0 spiro atoms. The highest BCUT2D eigenvalue weighted by Gasteiger charge is 2.37. The van der Waals surface area contributed by atoms with Crippen LogP contribution >= 0.6 is 0 Å². The molecule has 2 aromatic rings. The van der Waals surface area contributed by atoms with E-state index < -0.39 is 0 Å². The maximum atomic E-state index is 13.0. The van der Waals surface area contributed by atoms with Crippen LogP contribution in [0.2, 0.25) is 0 Å². The van der Waals surface area contributed by atoms with Gasteiger partial charge in [0, 0.05) is 63.5 Å². The van der Waals surface area contributed by atoms with Gasteiger partial charge in [-0.05, 0) is 49.1 Å². The monoisotopic (exact) mass is 473 g/mol. The highest BCUT2D eigenvalue weighted by molar-refractivity contribution is 6.03. The van der Waals surface area contributed by atoms with Crippen molar-refractivity contribution in [2.75, 3.05) is 57.5 Å². The standard InChI is InChI=1S/C27H35N7O/c1-18-22-14-24(31-27-29-16-21(17-30-27)34-11-9-33(4)10-12-34)28-15-20(22)13-23(26(35)32(2)3)25(18)19-7-5-6-8-19/h13-17,19,25H,1,5-12H2,2-4H3,(H,28,29,30,31). The van der Waals surface area contributed by atoms with Crippen LogP contribution in [0.15, 0.2) is 36.8 Å². The van der Waals surface area contributed by atoms with E-state index in [0.717, 1.165) is 67.0 Å². The van der Waals surface area contributed by atoms with Gasteiger partial charge in [-0.2, -0.15) is 0 Å². The second-order valence-electron chi connectivity index (χ2n) is 10.2. The fourth-order valence-corrected chi connectivity index (χ4v) is 5.55. The molecular weight excluding hydrogens is 438 g/mol. The molecule has 8 heteroatoms. The third-order valence-electron chi connectivity index (χ3n) is 7.57. The zero-order chi connectivity index (χ0) is 24.5. The summed E-state index contributed by atoms with van der Waals surface area (Å²) in [5.74, 6) is 1.76. The van der Waals surface area contributed by atoms with Gasteiger partial charge in [0.1, 0.15) is 5.82 Å². The number of pyridine rings is 1. The number of piperazine rings is 1. The summed E-state index contributed by atoms with van der Waals surface area (Å²) in [4.78, 5) is 33.0. The number of nitrogens with one attached hydrogen (secondary N) is 1. The Balaban J connectivity index is 1.37. The van der Waals surface area contributed by atoms with Gasteiger partial charge in [0.25, 0.3) is 0 Å². The normalized spacial score (nSPS) is 21.0. The molecule has 2 aromatic heterocycles. The van der Waals surface area contributed by atoms with Crippen LogP contribution in [0.5, 0.6) is 0 Å².